The Labute approximate surface area is 170 Å². The van der Waals surface area contributed by atoms with E-state index in [0.29, 0.717) is 5.56 Å². The van der Waals surface area contributed by atoms with Gasteiger partial charge in [0.2, 0.25) is 0 Å². The molecular formula is C23H24N2O4. The zero-order valence-electron chi connectivity index (χ0n) is 16.1. The Balaban J connectivity index is 1.60. The van der Waals surface area contributed by atoms with Gasteiger partial charge in [-0.3, -0.25) is 19.7 Å². The number of rotatable bonds is 7. The summed E-state index contributed by atoms with van der Waals surface area (Å²) in [5, 5.41) is 8.51. The van der Waals surface area contributed by atoms with Gasteiger partial charge in [0.25, 0.3) is 5.91 Å². The molecule has 2 aromatic carbocycles. The van der Waals surface area contributed by atoms with E-state index in [1.165, 1.54) is 11.6 Å². The highest BCUT2D eigenvalue weighted by molar-refractivity contribution is 6.06. The highest BCUT2D eigenvalue weighted by Gasteiger charge is 2.11. The number of carbonyl (C=O) groups excluding carboxylic acids is 2. The summed E-state index contributed by atoms with van der Waals surface area (Å²) < 4.78 is 5.36. The summed E-state index contributed by atoms with van der Waals surface area (Å²) in [5.41, 5.74) is 4.99. The van der Waals surface area contributed by atoms with Crippen molar-refractivity contribution < 1.29 is 19.5 Å². The largest absolute Gasteiger partial charge is 0.379 e. The summed E-state index contributed by atoms with van der Waals surface area (Å²) in [5.74, 6) is -0.665. The summed E-state index contributed by atoms with van der Waals surface area (Å²) >= 11 is 0. The smallest absolute Gasteiger partial charge is 0.267 e. The van der Waals surface area contributed by atoms with Crippen molar-refractivity contribution in [2.45, 2.75) is 6.54 Å². The molecule has 0 saturated carbocycles. The van der Waals surface area contributed by atoms with Crippen molar-refractivity contribution in [3.05, 3.63) is 82.9 Å². The van der Waals surface area contributed by atoms with Crippen LogP contribution in [-0.2, 0) is 16.1 Å². The van der Waals surface area contributed by atoms with Crippen LogP contribution in [0.5, 0.6) is 0 Å². The monoisotopic (exact) mass is 392 g/mol. The molecule has 1 saturated heterocycles. The van der Waals surface area contributed by atoms with Crippen LogP contribution >= 0.6 is 0 Å². The first kappa shape index (κ1) is 20.7. The number of hydroxylamine groups is 1. The molecule has 29 heavy (non-hydrogen) atoms. The van der Waals surface area contributed by atoms with Gasteiger partial charge in [0, 0.05) is 31.3 Å². The molecule has 3 rings (SSSR count). The standard InChI is InChI=1S/C23H24N2O4/c26-22(10-6-18-2-1-3-19(16-18)7-11-23(27)24-28)21-8-4-20(5-9-21)17-25-12-14-29-15-13-25/h1-11,16,28H,12-15,17H2,(H,24,27). The van der Waals surface area contributed by atoms with Crippen LogP contribution in [0, 0.1) is 0 Å². The quantitative estimate of drug-likeness (QED) is 0.328. The van der Waals surface area contributed by atoms with Crippen LogP contribution in [-0.4, -0.2) is 48.1 Å². The van der Waals surface area contributed by atoms with Crippen LogP contribution in [0.2, 0.25) is 0 Å². The minimum atomic E-state index is -0.599. The fourth-order valence-corrected chi connectivity index (χ4v) is 3.04. The summed E-state index contributed by atoms with van der Waals surface area (Å²) in [7, 11) is 0. The average molecular weight is 392 g/mol. The van der Waals surface area contributed by atoms with Crippen molar-refractivity contribution >= 4 is 23.8 Å². The summed E-state index contributed by atoms with van der Waals surface area (Å²) in [4.78, 5) is 25.9. The molecule has 0 atom stereocenters. The van der Waals surface area contributed by atoms with Gasteiger partial charge in [-0.1, -0.05) is 48.5 Å². The molecule has 1 heterocycles. The fourth-order valence-electron chi connectivity index (χ4n) is 3.04. The van der Waals surface area contributed by atoms with Crippen molar-refractivity contribution in [3.8, 4) is 0 Å². The minimum absolute atomic E-state index is 0.0662. The van der Waals surface area contributed by atoms with Gasteiger partial charge in [-0.15, -0.1) is 0 Å². The number of nitrogens with zero attached hydrogens (tertiary/aromatic N) is 1. The van der Waals surface area contributed by atoms with E-state index in [4.69, 9.17) is 9.94 Å². The van der Waals surface area contributed by atoms with E-state index in [-0.39, 0.29) is 5.78 Å². The van der Waals surface area contributed by atoms with Gasteiger partial charge in [0.05, 0.1) is 13.2 Å². The van der Waals surface area contributed by atoms with E-state index >= 15 is 0 Å². The van der Waals surface area contributed by atoms with E-state index in [0.717, 1.165) is 44.0 Å². The Kier molecular flexibility index (Phi) is 7.47. The summed E-state index contributed by atoms with van der Waals surface area (Å²) in [6, 6.07) is 15.1. The molecule has 6 heteroatoms. The van der Waals surface area contributed by atoms with Crippen LogP contribution in [0.3, 0.4) is 0 Å². The van der Waals surface area contributed by atoms with Crippen molar-refractivity contribution in [2.24, 2.45) is 0 Å². The van der Waals surface area contributed by atoms with Gasteiger partial charge in [0.15, 0.2) is 5.78 Å². The third-order valence-corrected chi connectivity index (χ3v) is 4.62. The molecule has 0 aromatic heterocycles. The van der Waals surface area contributed by atoms with Crippen LogP contribution in [0.4, 0.5) is 0 Å². The number of ether oxygens (including phenoxy) is 1. The van der Waals surface area contributed by atoms with E-state index in [9.17, 15) is 9.59 Å². The number of hydrogen-bond acceptors (Lipinski definition) is 5. The van der Waals surface area contributed by atoms with Gasteiger partial charge in [-0.05, 0) is 34.9 Å². The predicted molar refractivity (Wildman–Crippen MR) is 111 cm³/mol. The second-order valence-electron chi connectivity index (χ2n) is 6.76. The van der Waals surface area contributed by atoms with Crippen LogP contribution < -0.4 is 5.48 Å². The van der Waals surface area contributed by atoms with Crippen LogP contribution in [0.25, 0.3) is 12.2 Å². The second kappa shape index (κ2) is 10.5. The Morgan fingerprint density at radius 2 is 1.66 bits per heavy atom. The molecule has 150 valence electrons. The molecule has 6 nitrogen and oxygen atoms in total. The molecule has 0 bridgehead atoms. The fraction of sp³-hybridized carbons (Fsp3) is 0.217. The van der Waals surface area contributed by atoms with Crippen molar-refractivity contribution in [2.75, 3.05) is 26.3 Å². The lowest BCUT2D eigenvalue weighted by atomic mass is 10.1. The van der Waals surface area contributed by atoms with Crippen molar-refractivity contribution in [3.63, 3.8) is 0 Å². The Hall–Kier alpha value is -3.06. The van der Waals surface area contributed by atoms with Crippen molar-refractivity contribution in [1.29, 1.82) is 0 Å². The SMILES string of the molecule is O=C(C=Cc1cccc(C=CC(=O)c2ccc(CN3CCOCC3)cc2)c1)NO. The number of nitrogens with one attached hydrogen (secondary N) is 1. The maximum absolute atomic E-state index is 12.4. The Morgan fingerprint density at radius 3 is 2.31 bits per heavy atom. The number of allylic oxidation sites excluding steroid dienone is 1. The van der Waals surface area contributed by atoms with E-state index in [1.807, 2.05) is 48.5 Å². The maximum Gasteiger partial charge on any atom is 0.267 e. The molecular weight excluding hydrogens is 368 g/mol. The van der Waals surface area contributed by atoms with Gasteiger partial charge in [-0.2, -0.15) is 0 Å². The molecule has 1 fully saturated rings. The first-order valence-electron chi connectivity index (χ1n) is 9.48. The first-order chi connectivity index (χ1) is 14.1. The third kappa shape index (κ3) is 6.50. The Bertz CT molecular complexity index is 897. The van der Waals surface area contributed by atoms with Gasteiger partial charge < -0.3 is 4.74 Å². The lowest BCUT2D eigenvalue weighted by Gasteiger charge is -2.26. The highest BCUT2D eigenvalue weighted by atomic mass is 16.5. The average Bonchev–Trinajstić information content (AvgIpc) is 2.77. The van der Waals surface area contributed by atoms with Gasteiger partial charge >= 0.3 is 0 Å². The molecule has 1 amide bonds. The molecule has 0 unspecified atom stereocenters. The summed E-state index contributed by atoms with van der Waals surface area (Å²) in [6.45, 7) is 4.27. The molecule has 2 N–H and O–H groups in total. The van der Waals surface area contributed by atoms with E-state index in [2.05, 4.69) is 4.90 Å². The first-order valence-corrected chi connectivity index (χ1v) is 9.48. The molecule has 0 aliphatic carbocycles. The van der Waals surface area contributed by atoms with E-state index in [1.54, 1.807) is 23.7 Å². The number of carbonyl (C=O) groups is 2. The maximum atomic E-state index is 12.4. The summed E-state index contributed by atoms with van der Waals surface area (Å²) in [6.07, 6.45) is 6.10. The Morgan fingerprint density at radius 1 is 1.00 bits per heavy atom. The zero-order valence-corrected chi connectivity index (χ0v) is 16.1. The zero-order chi connectivity index (χ0) is 20.5. The normalized spacial score (nSPS) is 15.1. The molecule has 0 radical (unpaired) electrons. The number of amides is 1. The molecule has 0 spiro atoms. The molecule has 1 aliphatic heterocycles. The minimum Gasteiger partial charge on any atom is -0.379 e. The van der Waals surface area contributed by atoms with Crippen molar-refractivity contribution in [1.82, 2.24) is 10.4 Å². The van der Waals surface area contributed by atoms with Gasteiger partial charge in [-0.25, -0.2) is 5.48 Å². The topological polar surface area (TPSA) is 78.9 Å². The third-order valence-electron chi connectivity index (χ3n) is 4.62. The second-order valence-corrected chi connectivity index (χ2v) is 6.76. The van der Waals surface area contributed by atoms with Crippen LogP contribution in [0.15, 0.2) is 60.7 Å². The number of hydrogen-bond donors (Lipinski definition) is 2. The lowest BCUT2D eigenvalue weighted by molar-refractivity contribution is -0.124. The highest BCUT2D eigenvalue weighted by Crippen LogP contribution is 2.12. The molecule has 1 aliphatic rings. The lowest BCUT2D eigenvalue weighted by Crippen LogP contribution is -2.35. The number of ketones is 1. The number of benzene rings is 2. The van der Waals surface area contributed by atoms with E-state index < -0.39 is 5.91 Å². The predicted octanol–water partition coefficient (Wildman–Crippen LogP) is 2.93. The molecule has 2 aromatic rings. The van der Waals surface area contributed by atoms with Crippen LogP contribution in [0.1, 0.15) is 27.0 Å². The number of morpholine rings is 1. The van der Waals surface area contributed by atoms with Gasteiger partial charge in [0.1, 0.15) is 0 Å².